The normalized spacial score (nSPS) is 13.3. The number of hydrogen-bond donors (Lipinski definition) is 2. The van der Waals surface area contributed by atoms with Gasteiger partial charge in [-0.05, 0) is 0 Å². The first-order chi connectivity index (χ1) is 4.70. The average Bonchev–Trinajstić information content (AvgIpc) is 1.88. The van der Waals surface area contributed by atoms with E-state index in [4.69, 9.17) is 11.5 Å². The van der Waals surface area contributed by atoms with Gasteiger partial charge in [-0.3, -0.25) is 0 Å². The molecule has 0 aliphatic rings. The van der Waals surface area contributed by atoms with E-state index < -0.39 is 6.04 Å². The fraction of sp³-hybridized carbons (Fsp3) is 0.333. The molecule has 0 fully saturated rings. The monoisotopic (exact) mass is 141 g/mol. The van der Waals surface area contributed by atoms with Crippen LogP contribution < -0.4 is 11.5 Å². The van der Waals surface area contributed by atoms with Gasteiger partial charge in [-0.1, -0.05) is 6.58 Å². The lowest BCUT2D eigenvalue weighted by atomic mass is 10.2. The summed E-state index contributed by atoms with van der Waals surface area (Å²) in [5.74, 6) is 0. The molecule has 0 unspecified atom stereocenters. The molecular weight excluding hydrogens is 130 g/mol. The summed E-state index contributed by atoms with van der Waals surface area (Å²) in [5.41, 5.74) is 10.7. The molecule has 0 aromatic carbocycles. The maximum Gasteiger partial charge on any atom is 0.137 e. The van der Waals surface area contributed by atoms with Crippen molar-refractivity contribution in [3.8, 4) is 0 Å². The Morgan fingerprint density at radius 1 is 1.80 bits per heavy atom. The molecule has 0 amide bonds. The van der Waals surface area contributed by atoms with Crippen LogP contribution in [0.2, 0.25) is 0 Å². The predicted molar refractivity (Wildman–Crippen MR) is 40.5 cm³/mol. The van der Waals surface area contributed by atoms with Crippen LogP contribution in [0.4, 0.5) is 0 Å². The van der Waals surface area contributed by atoms with E-state index in [1.54, 1.807) is 0 Å². The molecule has 56 valence electrons. The molecule has 0 rings (SSSR count). The number of hydrogen-bond acceptors (Lipinski definition) is 3. The number of carbonyl (C=O) groups excluding carboxylic acids is 1. The standard InChI is InChI=1S/C6H11N3O/c1-5(9-4-7)2-6(8)3-10/h3-4,6H,1-2,8H2,(H2,7,9)/t6-/m0/s1. The molecule has 0 aliphatic heterocycles. The number of carbonyl (C=O) groups is 1. The maximum atomic E-state index is 10.00. The van der Waals surface area contributed by atoms with Gasteiger partial charge in [-0.25, -0.2) is 4.99 Å². The van der Waals surface area contributed by atoms with Crippen molar-refractivity contribution in [3.05, 3.63) is 12.3 Å². The van der Waals surface area contributed by atoms with Crippen molar-refractivity contribution in [2.75, 3.05) is 0 Å². The summed E-state index contributed by atoms with van der Waals surface area (Å²) in [4.78, 5) is 13.6. The summed E-state index contributed by atoms with van der Waals surface area (Å²) in [6.45, 7) is 3.52. The van der Waals surface area contributed by atoms with Crippen LogP contribution in [-0.4, -0.2) is 18.7 Å². The van der Waals surface area contributed by atoms with E-state index in [1.807, 2.05) is 0 Å². The van der Waals surface area contributed by atoms with Crippen molar-refractivity contribution in [3.63, 3.8) is 0 Å². The number of nitrogens with two attached hydrogens (primary N) is 2. The molecule has 0 spiro atoms. The summed E-state index contributed by atoms with van der Waals surface area (Å²) >= 11 is 0. The average molecular weight is 141 g/mol. The highest BCUT2D eigenvalue weighted by atomic mass is 16.1. The Kier molecular flexibility index (Phi) is 4.15. The highest BCUT2D eigenvalue weighted by Gasteiger charge is 1.99. The van der Waals surface area contributed by atoms with Gasteiger partial charge in [0.15, 0.2) is 0 Å². The van der Waals surface area contributed by atoms with Gasteiger partial charge in [0.05, 0.1) is 12.4 Å². The van der Waals surface area contributed by atoms with Crippen LogP contribution in [0.25, 0.3) is 0 Å². The highest BCUT2D eigenvalue weighted by Crippen LogP contribution is 1.99. The fourth-order valence-corrected chi connectivity index (χ4v) is 0.478. The van der Waals surface area contributed by atoms with E-state index in [0.29, 0.717) is 18.4 Å². The van der Waals surface area contributed by atoms with E-state index in [9.17, 15) is 4.79 Å². The van der Waals surface area contributed by atoms with E-state index in [0.717, 1.165) is 6.34 Å². The smallest absolute Gasteiger partial charge is 0.137 e. The Balaban J connectivity index is 3.67. The minimum atomic E-state index is -0.517. The molecule has 0 aliphatic carbocycles. The van der Waals surface area contributed by atoms with Gasteiger partial charge in [-0.15, -0.1) is 0 Å². The topological polar surface area (TPSA) is 81.5 Å². The molecule has 0 saturated heterocycles. The van der Waals surface area contributed by atoms with Crippen LogP contribution >= 0.6 is 0 Å². The molecule has 4 heteroatoms. The lowest BCUT2D eigenvalue weighted by Gasteiger charge is -2.00. The predicted octanol–water partition coefficient (Wildman–Crippen LogP) is -0.597. The molecular formula is C6H11N3O. The molecule has 1 atom stereocenters. The Bertz CT molecular complexity index is 153. The van der Waals surface area contributed by atoms with E-state index >= 15 is 0 Å². The second-order valence-electron chi connectivity index (χ2n) is 1.85. The number of rotatable bonds is 4. The SMILES string of the molecule is C=C(C[C@H](N)C=O)N=CN. The van der Waals surface area contributed by atoms with Gasteiger partial charge in [0.1, 0.15) is 6.29 Å². The third kappa shape index (κ3) is 3.80. The van der Waals surface area contributed by atoms with Gasteiger partial charge in [0.2, 0.25) is 0 Å². The van der Waals surface area contributed by atoms with Crippen molar-refractivity contribution in [1.82, 2.24) is 0 Å². The van der Waals surface area contributed by atoms with E-state index in [1.165, 1.54) is 0 Å². The van der Waals surface area contributed by atoms with E-state index in [2.05, 4.69) is 11.6 Å². The minimum Gasteiger partial charge on any atom is -0.390 e. The Morgan fingerprint density at radius 3 is 2.80 bits per heavy atom. The highest BCUT2D eigenvalue weighted by molar-refractivity contribution is 5.58. The first-order valence-electron chi connectivity index (χ1n) is 2.83. The Hall–Kier alpha value is -1.16. The van der Waals surface area contributed by atoms with Gasteiger partial charge < -0.3 is 16.3 Å². The molecule has 0 aromatic rings. The molecule has 0 aromatic heterocycles. The van der Waals surface area contributed by atoms with Crippen molar-refractivity contribution < 1.29 is 4.79 Å². The summed E-state index contributed by atoms with van der Waals surface area (Å²) < 4.78 is 0. The Morgan fingerprint density at radius 2 is 2.40 bits per heavy atom. The van der Waals surface area contributed by atoms with Gasteiger partial charge in [0.25, 0.3) is 0 Å². The summed E-state index contributed by atoms with van der Waals surface area (Å²) in [5, 5.41) is 0. The second kappa shape index (κ2) is 4.69. The third-order valence-electron chi connectivity index (χ3n) is 0.903. The summed E-state index contributed by atoms with van der Waals surface area (Å²) in [6.07, 6.45) is 2.13. The molecule has 0 heterocycles. The number of aldehydes is 1. The zero-order chi connectivity index (χ0) is 7.98. The fourth-order valence-electron chi connectivity index (χ4n) is 0.478. The van der Waals surface area contributed by atoms with Crippen molar-refractivity contribution in [2.45, 2.75) is 12.5 Å². The molecule has 0 saturated carbocycles. The van der Waals surface area contributed by atoms with Crippen LogP contribution in [-0.2, 0) is 4.79 Å². The largest absolute Gasteiger partial charge is 0.390 e. The minimum absolute atomic E-state index is 0.358. The lowest BCUT2D eigenvalue weighted by Crippen LogP contribution is -2.21. The van der Waals surface area contributed by atoms with Crippen LogP contribution in [0.1, 0.15) is 6.42 Å². The lowest BCUT2D eigenvalue weighted by molar-refractivity contribution is -0.108. The molecule has 0 bridgehead atoms. The molecule has 4 nitrogen and oxygen atoms in total. The van der Waals surface area contributed by atoms with Crippen LogP contribution in [0.5, 0.6) is 0 Å². The van der Waals surface area contributed by atoms with Gasteiger partial charge in [-0.2, -0.15) is 0 Å². The summed E-state index contributed by atoms with van der Waals surface area (Å²) in [7, 11) is 0. The van der Waals surface area contributed by atoms with Crippen molar-refractivity contribution in [2.24, 2.45) is 16.5 Å². The number of aliphatic imine (C=N–C) groups is 1. The van der Waals surface area contributed by atoms with Crippen LogP contribution in [0.3, 0.4) is 0 Å². The maximum absolute atomic E-state index is 10.00. The summed E-state index contributed by atoms with van der Waals surface area (Å²) in [6, 6.07) is -0.517. The van der Waals surface area contributed by atoms with Crippen LogP contribution in [0.15, 0.2) is 17.3 Å². The third-order valence-corrected chi connectivity index (χ3v) is 0.903. The van der Waals surface area contributed by atoms with Crippen LogP contribution in [0, 0.1) is 0 Å². The Labute approximate surface area is 59.6 Å². The molecule has 0 radical (unpaired) electrons. The first kappa shape index (κ1) is 8.84. The molecule has 4 N–H and O–H groups in total. The van der Waals surface area contributed by atoms with E-state index in [-0.39, 0.29) is 0 Å². The van der Waals surface area contributed by atoms with Crippen molar-refractivity contribution in [1.29, 1.82) is 0 Å². The van der Waals surface area contributed by atoms with Gasteiger partial charge in [0, 0.05) is 12.1 Å². The number of nitrogens with zero attached hydrogens (tertiary/aromatic N) is 1. The van der Waals surface area contributed by atoms with Crippen molar-refractivity contribution >= 4 is 12.6 Å². The second-order valence-corrected chi connectivity index (χ2v) is 1.85. The zero-order valence-electron chi connectivity index (χ0n) is 5.66. The quantitative estimate of drug-likeness (QED) is 0.311. The zero-order valence-corrected chi connectivity index (χ0v) is 5.66. The van der Waals surface area contributed by atoms with Gasteiger partial charge >= 0.3 is 0 Å². The molecule has 10 heavy (non-hydrogen) atoms. The first-order valence-corrected chi connectivity index (χ1v) is 2.83.